The minimum absolute atomic E-state index is 0.0734. The zero-order valence-electron chi connectivity index (χ0n) is 20.9. The predicted octanol–water partition coefficient (Wildman–Crippen LogP) is 5.67. The van der Waals surface area contributed by atoms with Gasteiger partial charge in [0.2, 0.25) is 0 Å². The smallest absolute Gasteiger partial charge is 0.338 e. The molecule has 0 unspecified atom stereocenters. The van der Waals surface area contributed by atoms with Crippen molar-refractivity contribution < 1.29 is 14.6 Å². The summed E-state index contributed by atoms with van der Waals surface area (Å²) in [4.78, 5) is 33.7. The van der Waals surface area contributed by atoms with Gasteiger partial charge in [-0.05, 0) is 49.1 Å². The fourth-order valence-corrected chi connectivity index (χ4v) is 6.29. The average Bonchev–Trinajstić information content (AvgIpc) is 3.25. The molecular weight excluding hydrogens is 575 g/mol. The summed E-state index contributed by atoms with van der Waals surface area (Å²) >= 11 is 15.0. The topological polar surface area (TPSA) is 80.9 Å². The first-order valence-electron chi connectivity index (χ1n) is 11.9. The fourth-order valence-electron chi connectivity index (χ4n) is 4.38. The lowest BCUT2D eigenvalue weighted by Crippen LogP contribution is -2.40. The second-order valence-electron chi connectivity index (χ2n) is 8.53. The van der Waals surface area contributed by atoms with Crippen molar-refractivity contribution in [1.82, 2.24) is 4.57 Å². The van der Waals surface area contributed by atoms with Gasteiger partial charge in [-0.3, -0.25) is 9.36 Å². The number of ether oxygens (including phenoxy) is 1. The standard InChI is InChI=1S/C29H22Cl2N2O4S2/c1-3-37-28(36)23-24(16-7-5-4-6-8-16)32-29-33(25(23)17-9-11-20(38-2)12-10-17)27(35)22(39-29)14-18-13-19(30)15-21(31)26(18)34/h4-15,25,34H,3H2,1-2H3/b22-14-/t25-/m1/s1. The molecule has 3 aromatic carbocycles. The molecule has 1 N–H and O–H groups in total. The van der Waals surface area contributed by atoms with E-state index in [-0.39, 0.29) is 28.5 Å². The van der Waals surface area contributed by atoms with Crippen LogP contribution in [0.2, 0.25) is 10.0 Å². The summed E-state index contributed by atoms with van der Waals surface area (Å²) < 4.78 is 7.29. The molecule has 1 aliphatic rings. The van der Waals surface area contributed by atoms with Crippen LogP contribution >= 0.6 is 46.3 Å². The van der Waals surface area contributed by atoms with E-state index in [1.165, 1.54) is 22.8 Å². The number of aromatic nitrogens is 1. The van der Waals surface area contributed by atoms with Gasteiger partial charge in [0.15, 0.2) is 4.80 Å². The summed E-state index contributed by atoms with van der Waals surface area (Å²) in [5, 5.41) is 10.9. The van der Waals surface area contributed by atoms with Crippen LogP contribution in [0.15, 0.2) is 87.0 Å². The predicted molar refractivity (Wildman–Crippen MR) is 157 cm³/mol. The van der Waals surface area contributed by atoms with Crippen molar-refractivity contribution in [2.75, 3.05) is 12.9 Å². The molecule has 0 amide bonds. The van der Waals surface area contributed by atoms with Crippen LogP contribution in [0, 0.1) is 0 Å². The highest BCUT2D eigenvalue weighted by Gasteiger charge is 2.35. The maximum Gasteiger partial charge on any atom is 0.338 e. The largest absolute Gasteiger partial charge is 0.506 e. The molecular formula is C29H22Cl2N2O4S2. The van der Waals surface area contributed by atoms with E-state index in [4.69, 9.17) is 32.9 Å². The van der Waals surface area contributed by atoms with Crippen molar-refractivity contribution in [3.63, 3.8) is 0 Å². The number of phenols is 1. The number of nitrogens with zero attached hydrogens (tertiary/aromatic N) is 2. The molecule has 0 bridgehead atoms. The van der Waals surface area contributed by atoms with Crippen molar-refractivity contribution in [2.45, 2.75) is 17.9 Å². The van der Waals surface area contributed by atoms with Gasteiger partial charge < -0.3 is 9.84 Å². The van der Waals surface area contributed by atoms with Gasteiger partial charge in [-0.2, -0.15) is 0 Å². The highest BCUT2D eigenvalue weighted by molar-refractivity contribution is 7.98. The van der Waals surface area contributed by atoms with Crippen molar-refractivity contribution in [3.05, 3.63) is 119 Å². The molecule has 0 fully saturated rings. The van der Waals surface area contributed by atoms with Crippen molar-refractivity contribution in [3.8, 4) is 5.75 Å². The van der Waals surface area contributed by atoms with Gasteiger partial charge in [0, 0.05) is 21.0 Å². The van der Waals surface area contributed by atoms with E-state index in [1.807, 2.05) is 60.9 Å². The molecule has 198 valence electrons. The Bertz CT molecular complexity index is 1780. The Balaban J connectivity index is 1.84. The SMILES string of the molecule is CCOC(=O)C1=C(c2ccccc2)N=c2s/c(=C\c3cc(Cl)cc(Cl)c3O)c(=O)n2[C@@H]1c1ccc(SC)cc1. The number of fused-ring (bicyclic) bond motifs is 1. The molecule has 1 aromatic heterocycles. The number of rotatable bonds is 6. The third kappa shape index (κ3) is 5.30. The highest BCUT2D eigenvalue weighted by Crippen LogP contribution is 2.36. The van der Waals surface area contributed by atoms with Gasteiger partial charge in [-0.1, -0.05) is 77.0 Å². The third-order valence-corrected chi connectivity index (χ3v) is 8.38. The number of carbonyl (C=O) groups excluding carboxylic acids is 1. The minimum Gasteiger partial charge on any atom is -0.506 e. The number of phenolic OH excluding ortho intramolecular Hbond substituents is 1. The first-order chi connectivity index (χ1) is 18.8. The zero-order chi connectivity index (χ0) is 27.7. The molecule has 5 rings (SSSR count). The molecule has 0 saturated carbocycles. The summed E-state index contributed by atoms with van der Waals surface area (Å²) in [6.45, 7) is 1.91. The van der Waals surface area contributed by atoms with Crippen molar-refractivity contribution in [2.24, 2.45) is 4.99 Å². The molecule has 39 heavy (non-hydrogen) atoms. The molecule has 1 atom stereocenters. The lowest BCUT2D eigenvalue weighted by molar-refractivity contribution is -0.138. The van der Waals surface area contributed by atoms with Crippen molar-refractivity contribution >= 4 is 64.0 Å². The number of hydrogen-bond donors (Lipinski definition) is 1. The van der Waals surface area contributed by atoms with E-state index in [2.05, 4.69) is 0 Å². The van der Waals surface area contributed by atoms with E-state index in [0.717, 1.165) is 27.4 Å². The van der Waals surface area contributed by atoms with Crippen LogP contribution in [0.4, 0.5) is 0 Å². The lowest BCUT2D eigenvalue weighted by atomic mass is 9.93. The van der Waals surface area contributed by atoms with Gasteiger partial charge in [-0.25, -0.2) is 9.79 Å². The van der Waals surface area contributed by atoms with Crippen LogP contribution in [0.3, 0.4) is 0 Å². The van der Waals surface area contributed by atoms with Gasteiger partial charge in [0.05, 0.1) is 33.5 Å². The normalized spacial score (nSPS) is 15.2. The molecule has 1 aliphatic heterocycles. The monoisotopic (exact) mass is 596 g/mol. The highest BCUT2D eigenvalue weighted by atomic mass is 35.5. The van der Waals surface area contributed by atoms with Gasteiger partial charge >= 0.3 is 5.97 Å². The number of aromatic hydroxyl groups is 1. The van der Waals surface area contributed by atoms with Crippen LogP contribution in [0.1, 0.15) is 29.7 Å². The molecule has 0 spiro atoms. The quantitative estimate of drug-likeness (QED) is 0.229. The Morgan fingerprint density at radius 3 is 2.54 bits per heavy atom. The minimum atomic E-state index is -0.787. The number of hydrogen-bond acceptors (Lipinski definition) is 7. The molecule has 10 heteroatoms. The number of benzene rings is 3. The summed E-state index contributed by atoms with van der Waals surface area (Å²) in [6.07, 6.45) is 3.51. The van der Waals surface area contributed by atoms with Crippen LogP contribution < -0.4 is 14.9 Å². The van der Waals surface area contributed by atoms with E-state index < -0.39 is 12.0 Å². The summed E-state index contributed by atoms with van der Waals surface area (Å²) in [7, 11) is 0. The molecule has 4 aromatic rings. The van der Waals surface area contributed by atoms with Crippen molar-refractivity contribution in [1.29, 1.82) is 0 Å². The fraction of sp³-hybridized carbons (Fsp3) is 0.138. The van der Waals surface area contributed by atoms with Crippen LogP contribution in [0.5, 0.6) is 5.75 Å². The summed E-state index contributed by atoms with van der Waals surface area (Å²) in [5.74, 6) is -0.735. The van der Waals surface area contributed by atoms with Gasteiger partial charge in [0.1, 0.15) is 5.75 Å². The van der Waals surface area contributed by atoms with E-state index in [9.17, 15) is 14.7 Å². The molecule has 0 saturated heterocycles. The first-order valence-corrected chi connectivity index (χ1v) is 14.7. The molecule has 6 nitrogen and oxygen atoms in total. The van der Waals surface area contributed by atoms with Gasteiger partial charge in [-0.15, -0.1) is 11.8 Å². The Kier molecular flexibility index (Phi) is 8.00. The third-order valence-electron chi connectivity index (χ3n) is 6.15. The Morgan fingerprint density at radius 1 is 1.15 bits per heavy atom. The summed E-state index contributed by atoms with van der Waals surface area (Å²) in [6, 6.07) is 19.2. The second kappa shape index (κ2) is 11.4. The number of thiazole rings is 1. The number of halogens is 2. The molecule has 0 radical (unpaired) electrons. The summed E-state index contributed by atoms with van der Waals surface area (Å²) in [5.41, 5.74) is 2.10. The van der Waals surface area contributed by atoms with E-state index in [1.54, 1.807) is 18.7 Å². The van der Waals surface area contributed by atoms with Crippen LogP contribution in [-0.4, -0.2) is 28.5 Å². The lowest BCUT2D eigenvalue weighted by Gasteiger charge is -2.26. The van der Waals surface area contributed by atoms with Crippen LogP contribution in [0.25, 0.3) is 11.8 Å². The number of thioether (sulfide) groups is 1. The molecule has 0 aliphatic carbocycles. The average molecular weight is 598 g/mol. The van der Waals surface area contributed by atoms with E-state index in [0.29, 0.717) is 25.6 Å². The first kappa shape index (κ1) is 27.3. The number of esters is 1. The molecule has 2 heterocycles. The maximum absolute atomic E-state index is 13.9. The maximum atomic E-state index is 13.9. The van der Waals surface area contributed by atoms with E-state index >= 15 is 0 Å². The second-order valence-corrected chi connectivity index (χ2v) is 11.3. The Hall–Kier alpha value is -3.30. The Morgan fingerprint density at radius 2 is 1.87 bits per heavy atom. The number of carbonyl (C=O) groups is 1. The van der Waals surface area contributed by atoms with Crippen LogP contribution in [-0.2, 0) is 9.53 Å². The Labute approximate surface area is 242 Å². The van der Waals surface area contributed by atoms with Gasteiger partial charge in [0.25, 0.3) is 5.56 Å². The zero-order valence-corrected chi connectivity index (χ0v) is 24.0.